The number of pyridine rings is 1. The van der Waals surface area contributed by atoms with Gasteiger partial charge in [-0.1, -0.05) is 18.2 Å². The molecule has 3 aromatic rings. The fourth-order valence-electron chi connectivity index (χ4n) is 3.16. The van der Waals surface area contributed by atoms with Gasteiger partial charge in [-0.3, -0.25) is 4.98 Å². The van der Waals surface area contributed by atoms with Crippen molar-refractivity contribution in [2.45, 2.75) is 51.7 Å². The van der Waals surface area contributed by atoms with E-state index in [0.29, 0.717) is 6.04 Å². The summed E-state index contributed by atoms with van der Waals surface area (Å²) in [5.41, 5.74) is 0.536. The van der Waals surface area contributed by atoms with Crippen molar-refractivity contribution in [2.75, 3.05) is 0 Å². The molecule has 4 nitrogen and oxygen atoms in total. The Labute approximate surface area is 143 Å². The third-order valence-corrected chi connectivity index (χ3v) is 4.48. The number of fused-ring (bicyclic) bond motifs is 1. The summed E-state index contributed by atoms with van der Waals surface area (Å²) in [5.74, 6) is 0.988. The highest BCUT2D eigenvalue weighted by molar-refractivity contribution is 5.94. The lowest BCUT2D eigenvalue weighted by atomic mass is 9.99. The summed E-state index contributed by atoms with van der Waals surface area (Å²) in [6, 6.07) is 8.62. The van der Waals surface area contributed by atoms with Crippen LogP contribution in [-0.2, 0) is 0 Å². The van der Waals surface area contributed by atoms with Crippen LogP contribution >= 0.6 is 0 Å². The second-order valence-electron chi connectivity index (χ2n) is 7.11. The molecule has 0 unspecified atom stereocenters. The van der Waals surface area contributed by atoms with Gasteiger partial charge in [0.1, 0.15) is 5.82 Å². The Bertz CT molecular complexity index is 812. The van der Waals surface area contributed by atoms with E-state index in [4.69, 9.17) is 0 Å². The van der Waals surface area contributed by atoms with Crippen molar-refractivity contribution < 1.29 is 5.11 Å². The van der Waals surface area contributed by atoms with Crippen LogP contribution in [0.3, 0.4) is 0 Å². The minimum Gasteiger partial charge on any atom is -0.390 e. The van der Waals surface area contributed by atoms with E-state index in [2.05, 4.69) is 39.7 Å². The van der Waals surface area contributed by atoms with E-state index in [0.717, 1.165) is 36.0 Å². The van der Waals surface area contributed by atoms with E-state index in [1.807, 2.05) is 44.7 Å². The number of rotatable bonds is 6. The van der Waals surface area contributed by atoms with Gasteiger partial charge in [-0.15, -0.1) is 0 Å². The van der Waals surface area contributed by atoms with Crippen molar-refractivity contribution in [3.8, 4) is 11.4 Å². The Morgan fingerprint density at radius 3 is 2.83 bits per heavy atom. The highest BCUT2D eigenvalue weighted by Gasteiger charge is 2.16. The lowest BCUT2D eigenvalue weighted by Gasteiger charge is -2.20. The van der Waals surface area contributed by atoms with Crippen molar-refractivity contribution in [3.05, 3.63) is 49.1 Å². The summed E-state index contributed by atoms with van der Waals surface area (Å²) >= 11 is 0. The van der Waals surface area contributed by atoms with Gasteiger partial charge in [-0.25, -0.2) is 4.98 Å². The van der Waals surface area contributed by atoms with Crippen LogP contribution in [0.4, 0.5) is 0 Å². The quantitative estimate of drug-likeness (QED) is 0.721. The standard InChI is InChI=1S/C20H25N3O/c1-15(6-5-10-20(2,3)24)23-13-12-22-19(23)18-8-4-7-16-14-21-11-9-17(16)18/h4,7-9,11-15,24H,5-6,10H2,1-3H3/t15-/m1/s1. The zero-order valence-corrected chi connectivity index (χ0v) is 14.6. The fraction of sp³-hybridized carbons (Fsp3) is 0.400. The maximum Gasteiger partial charge on any atom is 0.140 e. The third-order valence-electron chi connectivity index (χ3n) is 4.48. The molecule has 0 spiro atoms. The number of aliphatic hydroxyl groups is 1. The Balaban J connectivity index is 1.87. The smallest absolute Gasteiger partial charge is 0.140 e. The first-order chi connectivity index (χ1) is 11.5. The van der Waals surface area contributed by atoms with E-state index in [9.17, 15) is 5.11 Å². The lowest BCUT2D eigenvalue weighted by molar-refractivity contribution is 0.0672. The average molecular weight is 323 g/mol. The molecule has 0 saturated heterocycles. The van der Waals surface area contributed by atoms with Gasteiger partial charge in [-0.05, 0) is 51.5 Å². The zero-order chi connectivity index (χ0) is 17.2. The number of hydrogen-bond donors (Lipinski definition) is 1. The van der Waals surface area contributed by atoms with Gasteiger partial charge in [0, 0.05) is 41.8 Å². The molecule has 0 amide bonds. The first-order valence-electron chi connectivity index (χ1n) is 8.54. The van der Waals surface area contributed by atoms with Gasteiger partial charge in [0.2, 0.25) is 0 Å². The maximum absolute atomic E-state index is 9.89. The number of nitrogens with zero attached hydrogens (tertiary/aromatic N) is 3. The molecule has 4 heteroatoms. The molecule has 0 bridgehead atoms. The highest BCUT2D eigenvalue weighted by atomic mass is 16.3. The van der Waals surface area contributed by atoms with Crippen molar-refractivity contribution in [3.63, 3.8) is 0 Å². The molecule has 126 valence electrons. The zero-order valence-electron chi connectivity index (χ0n) is 14.6. The molecule has 2 heterocycles. The van der Waals surface area contributed by atoms with Gasteiger partial charge in [0.25, 0.3) is 0 Å². The van der Waals surface area contributed by atoms with E-state index in [1.165, 1.54) is 5.39 Å². The molecule has 0 radical (unpaired) electrons. The second kappa shape index (κ2) is 6.73. The van der Waals surface area contributed by atoms with Crippen molar-refractivity contribution in [1.29, 1.82) is 0 Å². The molecule has 0 aliphatic carbocycles. The van der Waals surface area contributed by atoms with Crippen molar-refractivity contribution in [2.24, 2.45) is 0 Å². The topological polar surface area (TPSA) is 50.9 Å². The number of benzene rings is 1. The van der Waals surface area contributed by atoms with Gasteiger partial charge in [0.05, 0.1) is 5.60 Å². The molecule has 1 atom stereocenters. The van der Waals surface area contributed by atoms with Crippen LogP contribution in [0.25, 0.3) is 22.2 Å². The van der Waals surface area contributed by atoms with Crippen LogP contribution < -0.4 is 0 Å². The summed E-state index contributed by atoms with van der Waals surface area (Å²) in [5, 5.41) is 12.2. The number of hydrogen-bond acceptors (Lipinski definition) is 3. The van der Waals surface area contributed by atoms with E-state index < -0.39 is 5.60 Å². The monoisotopic (exact) mass is 323 g/mol. The van der Waals surface area contributed by atoms with Crippen LogP contribution in [0.15, 0.2) is 49.1 Å². The summed E-state index contributed by atoms with van der Waals surface area (Å²) < 4.78 is 2.24. The Morgan fingerprint density at radius 1 is 1.21 bits per heavy atom. The fourth-order valence-corrected chi connectivity index (χ4v) is 3.16. The Kier molecular flexibility index (Phi) is 4.67. The first-order valence-corrected chi connectivity index (χ1v) is 8.54. The summed E-state index contributed by atoms with van der Waals surface area (Å²) in [7, 11) is 0. The van der Waals surface area contributed by atoms with Crippen molar-refractivity contribution in [1.82, 2.24) is 14.5 Å². The predicted octanol–water partition coefficient (Wildman–Crippen LogP) is 4.60. The molecular formula is C20H25N3O. The first kappa shape index (κ1) is 16.7. The van der Waals surface area contributed by atoms with E-state index >= 15 is 0 Å². The molecule has 0 aliphatic heterocycles. The molecule has 0 saturated carbocycles. The van der Waals surface area contributed by atoms with E-state index in [1.54, 1.807) is 0 Å². The summed E-state index contributed by atoms with van der Waals surface area (Å²) in [4.78, 5) is 8.81. The minimum absolute atomic E-state index is 0.335. The highest BCUT2D eigenvalue weighted by Crippen LogP contribution is 2.30. The third kappa shape index (κ3) is 3.65. The van der Waals surface area contributed by atoms with Crippen LogP contribution in [0.2, 0.25) is 0 Å². The summed E-state index contributed by atoms with van der Waals surface area (Å²) in [6.45, 7) is 5.94. The van der Waals surface area contributed by atoms with Crippen LogP contribution in [-0.4, -0.2) is 25.2 Å². The maximum atomic E-state index is 9.89. The molecule has 24 heavy (non-hydrogen) atoms. The molecule has 1 N–H and O–H groups in total. The normalized spacial score (nSPS) is 13.3. The molecule has 0 aliphatic rings. The Morgan fingerprint density at radius 2 is 2.04 bits per heavy atom. The number of imidazole rings is 1. The van der Waals surface area contributed by atoms with Crippen LogP contribution in [0.1, 0.15) is 46.1 Å². The SMILES string of the molecule is C[C@H](CCCC(C)(C)O)n1ccnc1-c1cccc2cnccc12. The number of aromatic nitrogens is 3. The van der Waals surface area contributed by atoms with Crippen molar-refractivity contribution >= 4 is 10.8 Å². The van der Waals surface area contributed by atoms with Gasteiger partial charge in [-0.2, -0.15) is 0 Å². The lowest BCUT2D eigenvalue weighted by Crippen LogP contribution is -2.18. The summed E-state index contributed by atoms with van der Waals surface area (Å²) in [6.07, 6.45) is 10.4. The van der Waals surface area contributed by atoms with E-state index in [-0.39, 0.29) is 0 Å². The Hall–Kier alpha value is -2.20. The van der Waals surface area contributed by atoms with Gasteiger partial charge in [0.15, 0.2) is 0 Å². The molecule has 1 aromatic carbocycles. The minimum atomic E-state index is -0.597. The second-order valence-corrected chi connectivity index (χ2v) is 7.11. The largest absolute Gasteiger partial charge is 0.390 e. The van der Waals surface area contributed by atoms with Gasteiger partial charge < -0.3 is 9.67 Å². The van der Waals surface area contributed by atoms with Crippen LogP contribution in [0.5, 0.6) is 0 Å². The molecule has 0 fully saturated rings. The van der Waals surface area contributed by atoms with Gasteiger partial charge >= 0.3 is 0 Å². The predicted molar refractivity (Wildman–Crippen MR) is 97.8 cm³/mol. The average Bonchev–Trinajstić information content (AvgIpc) is 3.02. The molecular weight excluding hydrogens is 298 g/mol. The molecule has 3 rings (SSSR count). The van der Waals surface area contributed by atoms with Crippen LogP contribution in [0, 0.1) is 0 Å². The molecule has 2 aromatic heterocycles.